The summed E-state index contributed by atoms with van der Waals surface area (Å²) in [6.45, 7) is 4.99. The molecule has 1 aliphatic heterocycles. The van der Waals surface area contributed by atoms with E-state index in [1.54, 1.807) is 6.33 Å². The van der Waals surface area contributed by atoms with E-state index >= 15 is 0 Å². The number of likely N-dealkylation sites (tertiary alicyclic amines) is 1. The van der Waals surface area contributed by atoms with E-state index in [0.717, 1.165) is 37.3 Å². The number of hydrogen-bond acceptors (Lipinski definition) is 3. The van der Waals surface area contributed by atoms with Crippen LogP contribution in [0.1, 0.15) is 51.4 Å². The van der Waals surface area contributed by atoms with Crippen LogP contribution in [0, 0.1) is 5.92 Å². The lowest BCUT2D eigenvalue weighted by atomic mass is 9.99. The van der Waals surface area contributed by atoms with Gasteiger partial charge in [-0.25, -0.2) is 0 Å². The smallest absolute Gasteiger partial charge is 0.223 e. The molecule has 0 aliphatic carbocycles. The fourth-order valence-electron chi connectivity index (χ4n) is 3.22. The molecule has 3 rings (SSSR count). The van der Waals surface area contributed by atoms with Gasteiger partial charge < -0.3 is 4.90 Å². The largest absolute Gasteiger partial charge is 0.332 e. The molecule has 0 radical (unpaired) electrons. The summed E-state index contributed by atoms with van der Waals surface area (Å²) in [5.74, 6) is 1.47. The van der Waals surface area contributed by atoms with Crippen LogP contribution in [0.25, 0.3) is 5.69 Å². The van der Waals surface area contributed by atoms with Gasteiger partial charge in [-0.3, -0.25) is 9.36 Å². The van der Waals surface area contributed by atoms with Crippen molar-refractivity contribution in [3.8, 4) is 5.69 Å². The number of amides is 1. The molecule has 1 amide bonds. The quantitative estimate of drug-likeness (QED) is 0.870. The van der Waals surface area contributed by atoms with Crippen molar-refractivity contribution in [3.05, 3.63) is 42.5 Å². The molecule has 23 heavy (non-hydrogen) atoms. The Morgan fingerprint density at radius 2 is 2.04 bits per heavy atom. The van der Waals surface area contributed by atoms with E-state index in [1.807, 2.05) is 39.8 Å². The summed E-state index contributed by atoms with van der Waals surface area (Å²) in [7, 11) is 0. The third-order valence-electron chi connectivity index (χ3n) is 4.31. The van der Waals surface area contributed by atoms with Crippen molar-refractivity contribution in [2.24, 2.45) is 5.92 Å². The molecule has 2 heterocycles. The molecule has 1 atom stereocenters. The fraction of sp³-hybridized carbons (Fsp3) is 0.500. The average molecular weight is 312 g/mol. The van der Waals surface area contributed by atoms with Gasteiger partial charge in [-0.2, -0.15) is 0 Å². The highest BCUT2D eigenvalue weighted by Crippen LogP contribution is 2.31. The number of carbonyl (C=O) groups excluding carboxylic acids is 1. The molecular formula is C18H24N4O. The Bertz CT molecular complexity index is 650. The van der Waals surface area contributed by atoms with Crippen LogP contribution in [0.3, 0.4) is 0 Å². The van der Waals surface area contributed by atoms with E-state index in [2.05, 4.69) is 24.0 Å². The minimum Gasteiger partial charge on any atom is -0.332 e. The number of piperidine rings is 1. The van der Waals surface area contributed by atoms with Gasteiger partial charge in [0.05, 0.1) is 6.04 Å². The first-order chi connectivity index (χ1) is 11.2. The van der Waals surface area contributed by atoms with Gasteiger partial charge in [0.2, 0.25) is 5.91 Å². The highest BCUT2D eigenvalue weighted by molar-refractivity contribution is 5.77. The zero-order valence-electron chi connectivity index (χ0n) is 13.9. The highest BCUT2D eigenvalue weighted by atomic mass is 16.2. The van der Waals surface area contributed by atoms with E-state index in [4.69, 9.17) is 0 Å². The van der Waals surface area contributed by atoms with Crippen LogP contribution in [-0.2, 0) is 4.79 Å². The molecule has 1 aromatic carbocycles. The van der Waals surface area contributed by atoms with Crippen molar-refractivity contribution in [2.45, 2.75) is 45.6 Å². The monoisotopic (exact) mass is 312 g/mol. The Hall–Kier alpha value is -2.17. The van der Waals surface area contributed by atoms with Crippen molar-refractivity contribution in [3.63, 3.8) is 0 Å². The molecular weight excluding hydrogens is 288 g/mol. The van der Waals surface area contributed by atoms with Gasteiger partial charge in [-0.15, -0.1) is 10.2 Å². The summed E-state index contributed by atoms with van der Waals surface area (Å²) >= 11 is 0. The zero-order chi connectivity index (χ0) is 16.2. The van der Waals surface area contributed by atoms with Crippen LogP contribution >= 0.6 is 0 Å². The maximum Gasteiger partial charge on any atom is 0.223 e. The minimum atomic E-state index is 0.0257. The molecule has 0 bridgehead atoms. The molecule has 122 valence electrons. The van der Waals surface area contributed by atoms with E-state index in [1.165, 1.54) is 0 Å². The normalized spacial score (nSPS) is 18.4. The van der Waals surface area contributed by atoms with Crippen molar-refractivity contribution < 1.29 is 4.79 Å². The lowest BCUT2D eigenvalue weighted by Crippen LogP contribution is -2.40. The number of hydrogen-bond donors (Lipinski definition) is 0. The third kappa shape index (κ3) is 3.44. The van der Waals surface area contributed by atoms with Crippen molar-refractivity contribution in [1.29, 1.82) is 0 Å². The Morgan fingerprint density at radius 1 is 1.26 bits per heavy atom. The minimum absolute atomic E-state index is 0.0257. The average Bonchev–Trinajstić information content (AvgIpc) is 3.04. The van der Waals surface area contributed by atoms with Crippen molar-refractivity contribution >= 4 is 5.91 Å². The van der Waals surface area contributed by atoms with Gasteiger partial charge in [-0.1, -0.05) is 32.0 Å². The van der Waals surface area contributed by atoms with Crippen LogP contribution in [0.15, 0.2) is 36.7 Å². The maximum atomic E-state index is 12.6. The van der Waals surface area contributed by atoms with Gasteiger partial charge in [0, 0.05) is 18.7 Å². The van der Waals surface area contributed by atoms with E-state index in [-0.39, 0.29) is 11.9 Å². The first kappa shape index (κ1) is 15.7. The summed E-state index contributed by atoms with van der Waals surface area (Å²) < 4.78 is 2.01. The molecule has 0 spiro atoms. The lowest BCUT2D eigenvalue weighted by Gasteiger charge is -2.35. The summed E-state index contributed by atoms with van der Waals surface area (Å²) in [5.41, 5.74) is 1.04. The Kier molecular flexibility index (Phi) is 4.74. The fourth-order valence-corrected chi connectivity index (χ4v) is 3.22. The first-order valence-corrected chi connectivity index (χ1v) is 8.41. The Labute approximate surface area is 137 Å². The highest BCUT2D eigenvalue weighted by Gasteiger charge is 2.31. The SMILES string of the molecule is CC(C)CC(=O)N1CCCCC1c1nncn1-c1ccccc1. The topological polar surface area (TPSA) is 51.0 Å². The molecule has 5 heteroatoms. The predicted octanol–water partition coefficient (Wildman–Crippen LogP) is 3.37. The first-order valence-electron chi connectivity index (χ1n) is 8.41. The zero-order valence-corrected chi connectivity index (χ0v) is 13.9. The number of benzene rings is 1. The molecule has 0 N–H and O–H groups in total. The van der Waals surface area contributed by atoms with Crippen LogP contribution in [0.4, 0.5) is 0 Å². The standard InChI is InChI=1S/C18H24N4O/c1-14(2)12-17(23)21-11-7-6-10-16(21)18-20-19-13-22(18)15-8-4-3-5-9-15/h3-5,8-9,13-14,16H,6-7,10-12H2,1-2H3. The summed E-state index contributed by atoms with van der Waals surface area (Å²) in [5, 5.41) is 8.45. The molecule has 1 fully saturated rings. The van der Waals surface area contributed by atoms with Crippen LogP contribution in [0.2, 0.25) is 0 Å². The predicted molar refractivity (Wildman–Crippen MR) is 89.1 cm³/mol. The second-order valence-corrected chi connectivity index (χ2v) is 6.59. The number of para-hydroxylation sites is 1. The number of rotatable bonds is 4. The molecule has 1 saturated heterocycles. The van der Waals surface area contributed by atoms with Crippen molar-refractivity contribution in [2.75, 3.05) is 6.54 Å². The molecule has 1 unspecified atom stereocenters. The summed E-state index contributed by atoms with van der Waals surface area (Å²) in [4.78, 5) is 14.6. The van der Waals surface area contributed by atoms with E-state index in [0.29, 0.717) is 12.3 Å². The van der Waals surface area contributed by atoms with Gasteiger partial charge in [0.1, 0.15) is 6.33 Å². The second kappa shape index (κ2) is 6.94. The van der Waals surface area contributed by atoms with Gasteiger partial charge in [0.15, 0.2) is 5.82 Å². The summed E-state index contributed by atoms with van der Waals surface area (Å²) in [6, 6.07) is 10.1. The lowest BCUT2D eigenvalue weighted by molar-refractivity contribution is -0.136. The van der Waals surface area contributed by atoms with Gasteiger partial charge in [0.25, 0.3) is 0 Å². The van der Waals surface area contributed by atoms with E-state index < -0.39 is 0 Å². The van der Waals surface area contributed by atoms with Crippen LogP contribution in [-0.4, -0.2) is 32.1 Å². The Balaban J connectivity index is 1.90. The summed E-state index contributed by atoms with van der Waals surface area (Å²) in [6.07, 6.45) is 5.48. The Morgan fingerprint density at radius 3 is 2.78 bits per heavy atom. The van der Waals surface area contributed by atoms with Gasteiger partial charge in [-0.05, 0) is 37.3 Å². The van der Waals surface area contributed by atoms with Crippen molar-refractivity contribution in [1.82, 2.24) is 19.7 Å². The number of aromatic nitrogens is 3. The molecule has 1 aromatic heterocycles. The third-order valence-corrected chi connectivity index (χ3v) is 4.31. The number of nitrogens with zero attached hydrogens (tertiary/aromatic N) is 4. The molecule has 5 nitrogen and oxygen atoms in total. The van der Waals surface area contributed by atoms with Crippen LogP contribution in [0.5, 0.6) is 0 Å². The molecule has 1 aliphatic rings. The van der Waals surface area contributed by atoms with Crippen LogP contribution < -0.4 is 0 Å². The number of carbonyl (C=O) groups is 1. The van der Waals surface area contributed by atoms with E-state index in [9.17, 15) is 4.79 Å². The molecule has 0 saturated carbocycles. The molecule has 2 aromatic rings. The second-order valence-electron chi connectivity index (χ2n) is 6.59. The van der Waals surface area contributed by atoms with Gasteiger partial charge >= 0.3 is 0 Å². The maximum absolute atomic E-state index is 12.6.